The Labute approximate surface area is 189 Å². The Morgan fingerprint density at radius 3 is 2.30 bits per heavy atom. The molecule has 4 saturated carbocycles. The highest BCUT2D eigenvalue weighted by Crippen LogP contribution is 2.59. The molecule has 2 N–H and O–H groups in total. The lowest BCUT2D eigenvalue weighted by Gasteiger charge is -2.56. The van der Waals surface area contributed by atoms with E-state index in [1.165, 1.54) is 44.1 Å². The molecule has 0 radical (unpaired) electrons. The van der Waals surface area contributed by atoms with Crippen molar-refractivity contribution in [2.75, 3.05) is 32.7 Å². The summed E-state index contributed by atoms with van der Waals surface area (Å²) in [5.74, 6) is 2.95. The van der Waals surface area contributed by atoms with E-state index in [1.54, 1.807) is 0 Å². The maximum Gasteiger partial charge on any atom is 0.251 e. The number of aryl methyl sites for hydroxylation is 1. The number of benzene rings is 1. The number of carbonyl (C=O) groups is 1. The van der Waals surface area contributed by atoms with Crippen LogP contribution in [0, 0.1) is 30.1 Å². The topological polar surface area (TPSA) is 44.4 Å². The van der Waals surface area contributed by atoms with Crippen molar-refractivity contribution in [1.29, 1.82) is 0 Å². The molecular formula is C25H40ClN3O. The van der Waals surface area contributed by atoms with Gasteiger partial charge in [-0.25, -0.2) is 0 Å². The highest BCUT2D eigenvalue weighted by Gasteiger charge is 2.50. The molecule has 1 heterocycles. The molecule has 5 heteroatoms. The fraction of sp³-hybridized carbons (Fsp3) is 0.720. The van der Waals surface area contributed by atoms with Gasteiger partial charge in [0.1, 0.15) is 0 Å². The number of amides is 1. The Kier molecular flexibility index (Phi) is 7.53. The van der Waals surface area contributed by atoms with Crippen molar-refractivity contribution in [1.82, 2.24) is 15.5 Å². The van der Waals surface area contributed by atoms with Crippen molar-refractivity contribution >= 4 is 18.3 Å². The third kappa shape index (κ3) is 4.87. The molecule has 4 nitrogen and oxygen atoms in total. The molecule has 5 aliphatic rings. The van der Waals surface area contributed by atoms with E-state index in [0.29, 0.717) is 5.41 Å². The second-order valence-corrected chi connectivity index (χ2v) is 10.3. The molecular weight excluding hydrogens is 394 g/mol. The van der Waals surface area contributed by atoms with Gasteiger partial charge in [-0.1, -0.05) is 19.6 Å². The molecule has 0 atom stereocenters. The van der Waals surface area contributed by atoms with Crippen LogP contribution in [0.4, 0.5) is 0 Å². The largest absolute Gasteiger partial charge is 0.351 e. The normalized spacial score (nSPS) is 32.2. The number of carbonyl (C=O) groups excluding carboxylic acids is 1. The van der Waals surface area contributed by atoms with E-state index in [9.17, 15) is 4.79 Å². The molecule has 1 aliphatic heterocycles. The van der Waals surface area contributed by atoms with Crippen LogP contribution < -0.4 is 10.6 Å². The van der Waals surface area contributed by atoms with Gasteiger partial charge in [-0.2, -0.15) is 0 Å². The van der Waals surface area contributed by atoms with Crippen LogP contribution >= 0.6 is 12.4 Å². The van der Waals surface area contributed by atoms with Gasteiger partial charge in [-0.15, -0.1) is 12.4 Å². The van der Waals surface area contributed by atoms with Gasteiger partial charge in [0.25, 0.3) is 5.91 Å². The number of nitrogens with zero attached hydrogens (tertiary/aromatic N) is 1. The first-order chi connectivity index (χ1) is 13.6. The average molecular weight is 434 g/mol. The van der Waals surface area contributed by atoms with Crippen LogP contribution in [0.15, 0.2) is 18.2 Å². The third-order valence-electron chi connectivity index (χ3n) is 7.95. The molecule has 6 rings (SSSR count). The zero-order chi connectivity index (χ0) is 19.1. The number of nitrogens with one attached hydrogen (secondary N) is 2. The summed E-state index contributed by atoms with van der Waals surface area (Å²) in [6, 6.07) is 6.44. The van der Waals surface area contributed by atoms with Gasteiger partial charge in [0, 0.05) is 44.8 Å². The van der Waals surface area contributed by atoms with Crippen molar-refractivity contribution in [3.63, 3.8) is 0 Å². The molecule has 5 fully saturated rings. The second-order valence-electron chi connectivity index (χ2n) is 10.3. The van der Waals surface area contributed by atoms with E-state index in [2.05, 4.69) is 40.7 Å². The monoisotopic (exact) mass is 433 g/mol. The number of hydrogen-bond donors (Lipinski definition) is 2. The SMILES string of the molecule is C.Cc1ccc(CN2CCNCC2)cc1C(=O)NCC12CC3CC(CC(C3)C1)C2.Cl. The minimum absolute atomic E-state index is 0. The maximum absolute atomic E-state index is 13.1. The van der Waals surface area contributed by atoms with Crippen molar-refractivity contribution in [2.24, 2.45) is 23.2 Å². The summed E-state index contributed by atoms with van der Waals surface area (Å²) in [5, 5.41) is 6.77. The van der Waals surface area contributed by atoms with Gasteiger partial charge in [-0.05, 0) is 85.8 Å². The summed E-state index contributed by atoms with van der Waals surface area (Å²) < 4.78 is 0. The first kappa shape index (κ1) is 23.6. The minimum Gasteiger partial charge on any atom is -0.351 e. The van der Waals surface area contributed by atoms with E-state index < -0.39 is 0 Å². The summed E-state index contributed by atoms with van der Waals surface area (Å²) >= 11 is 0. The fourth-order valence-corrected chi connectivity index (χ4v) is 7.01. The molecule has 0 unspecified atom stereocenters. The molecule has 168 valence electrons. The third-order valence-corrected chi connectivity index (χ3v) is 7.95. The Morgan fingerprint density at radius 1 is 1.10 bits per heavy atom. The van der Waals surface area contributed by atoms with Gasteiger partial charge >= 0.3 is 0 Å². The smallest absolute Gasteiger partial charge is 0.251 e. The van der Waals surface area contributed by atoms with Crippen LogP contribution in [0.3, 0.4) is 0 Å². The molecule has 0 aromatic heterocycles. The summed E-state index contributed by atoms with van der Waals surface area (Å²) in [6.07, 6.45) is 8.42. The van der Waals surface area contributed by atoms with Gasteiger partial charge in [0.2, 0.25) is 0 Å². The quantitative estimate of drug-likeness (QED) is 0.723. The fourth-order valence-electron chi connectivity index (χ4n) is 7.01. The van der Waals surface area contributed by atoms with Crippen molar-refractivity contribution < 1.29 is 4.79 Å². The standard InChI is InChI=1S/C24H35N3O.CH4.ClH/c1-17-2-3-18(15-27-6-4-25-5-7-27)11-22(17)23(28)26-16-24-12-19-8-20(13-24)10-21(9-19)14-24;;/h2-3,11,19-21,25H,4-10,12-16H2,1H3,(H,26,28);1H4;1H. The highest BCUT2D eigenvalue weighted by molar-refractivity contribution is 5.95. The lowest BCUT2D eigenvalue weighted by Crippen LogP contribution is -2.51. The molecule has 1 aromatic carbocycles. The van der Waals surface area contributed by atoms with Crippen LogP contribution in [0.1, 0.15) is 67.4 Å². The van der Waals surface area contributed by atoms with Gasteiger partial charge in [-0.3, -0.25) is 9.69 Å². The van der Waals surface area contributed by atoms with Crippen molar-refractivity contribution in [3.8, 4) is 0 Å². The zero-order valence-corrected chi connectivity index (χ0v) is 18.5. The predicted molar refractivity (Wildman–Crippen MR) is 126 cm³/mol. The van der Waals surface area contributed by atoms with Gasteiger partial charge in [0.15, 0.2) is 0 Å². The molecule has 1 amide bonds. The summed E-state index contributed by atoms with van der Waals surface area (Å²) in [6.45, 7) is 8.18. The highest BCUT2D eigenvalue weighted by atomic mass is 35.5. The number of hydrogen-bond acceptors (Lipinski definition) is 3. The van der Waals surface area contributed by atoms with E-state index in [0.717, 1.165) is 68.1 Å². The maximum atomic E-state index is 13.1. The Hall–Kier alpha value is -1.10. The average Bonchev–Trinajstić information content (AvgIpc) is 2.67. The number of halogens is 1. The first-order valence-electron chi connectivity index (χ1n) is 11.4. The molecule has 1 aromatic rings. The van der Waals surface area contributed by atoms with Crippen LogP contribution in [-0.2, 0) is 6.54 Å². The second kappa shape index (κ2) is 9.58. The zero-order valence-electron chi connectivity index (χ0n) is 17.7. The predicted octanol–water partition coefficient (Wildman–Crippen LogP) is 4.40. The molecule has 4 aliphatic carbocycles. The van der Waals surface area contributed by atoms with Gasteiger partial charge < -0.3 is 10.6 Å². The summed E-state index contributed by atoms with van der Waals surface area (Å²) in [7, 11) is 0. The van der Waals surface area contributed by atoms with Crippen LogP contribution in [0.25, 0.3) is 0 Å². The first-order valence-corrected chi connectivity index (χ1v) is 11.4. The Morgan fingerprint density at radius 2 is 1.70 bits per heavy atom. The molecule has 30 heavy (non-hydrogen) atoms. The number of rotatable bonds is 5. The van der Waals surface area contributed by atoms with E-state index in [4.69, 9.17) is 0 Å². The van der Waals surface area contributed by atoms with Gasteiger partial charge in [0.05, 0.1) is 0 Å². The van der Waals surface area contributed by atoms with Crippen LogP contribution in [0.5, 0.6) is 0 Å². The Bertz CT molecular complexity index is 709. The lowest BCUT2D eigenvalue weighted by atomic mass is 9.49. The summed E-state index contributed by atoms with van der Waals surface area (Å²) in [4.78, 5) is 15.5. The molecule has 1 saturated heterocycles. The van der Waals surface area contributed by atoms with Crippen molar-refractivity contribution in [2.45, 2.75) is 59.4 Å². The number of piperazine rings is 1. The van der Waals surface area contributed by atoms with E-state index >= 15 is 0 Å². The van der Waals surface area contributed by atoms with Crippen molar-refractivity contribution in [3.05, 3.63) is 34.9 Å². The molecule has 0 spiro atoms. The Balaban J connectivity index is 0.00000128. The summed E-state index contributed by atoms with van der Waals surface area (Å²) in [5.41, 5.74) is 3.62. The van der Waals surface area contributed by atoms with E-state index in [1.807, 2.05) is 0 Å². The molecule has 4 bridgehead atoms. The van der Waals surface area contributed by atoms with E-state index in [-0.39, 0.29) is 25.7 Å². The minimum atomic E-state index is 0. The van der Waals surface area contributed by atoms with Crippen LogP contribution in [0.2, 0.25) is 0 Å². The lowest BCUT2D eigenvalue weighted by molar-refractivity contribution is -0.0503. The van der Waals surface area contributed by atoms with Crippen LogP contribution in [-0.4, -0.2) is 43.5 Å².